The number of carbonyl (C=O) groups is 4. The fourth-order valence-corrected chi connectivity index (χ4v) is 8.45. The summed E-state index contributed by atoms with van der Waals surface area (Å²) in [4.78, 5) is 54.1. The maximum absolute atomic E-state index is 13.4. The molecule has 0 spiro atoms. The quantitative estimate of drug-likeness (QED) is 0.174. The van der Waals surface area contributed by atoms with Crippen molar-refractivity contribution in [3.63, 3.8) is 0 Å². The monoisotopic (exact) mass is 710 g/mol. The minimum absolute atomic E-state index is 0.0852. The van der Waals surface area contributed by atoms with Crippen LogP contribution in [0.3, 0.4) is 0 Å². The molecule has 4 aliphatic rings. The number of fused-ring (bicyclic) bond motifs is 1. The highest BCUT2D eigenvalue weighted by molar-refractivity contribution is 6.23. The van der Waals surface area contributed by atoms with E-state index in [2.05, 4.69) is 76.1 Å². The number of amides is 4. The lowest BCUT2D eigenvalue weighted by atomic mass is 9.85. The number of rotatable bonds is 9. The normalized spacial score (nSPS) is 23.7. The molecule has 11 heteroatoms. The van der Waals surface area contributed by atoms with Crippen LogP contribution in [0, 0.1) is 43.9 Å². The van der Waals surface area contributed by atoms with Crippen LogP contribution in [0.5, 0.6) is 0 Å². The van der Waals surface area contributed by atoms with E-state index in [-0.39, 0.29) is 35.9 Å². The smallest absolute Gasteiger partial charge is 0.262 e. The van der Waals surface area contributed by atoms with E-state index in [0.29, 0.717) is 11.8 Å². The summed E-state index contributed by atoms with van der Waals surface area (Å²) in [6.07, 6.45) is 5.04. The van der Waals surface area contributed by atoms with Gasteiger partial charge >= 0.3 is 0 Å². The Hall–Kier alpha value is -5.76. The number of hydrogen-bond donors (Lipinski definition) is 2. The number of nitrogens with zero attached hydrogens (tertiary/aromatic N) is 4. The molecule has 0 unspecified atom stereocenters. The lowest BCUT2D eigenvalue weighted by molar-refractivity contribution is -0.136. The number of anilines is 3. The first-order chi connectivity index (χ1) is 25.6. The lowest BCUT2D eigenvalue weighted by Gasteiger charge is -2.35. The van der Waals surface area contributed by atoms with Crippen LogP contribution in [0.2, 0.25) is 0 Å². The second kappa shape index (κ2) is 13.7. The van der Waals surface area contributed by atoms with Gasteiger partial charge in [-0.3, -0.25) is 29.4 Å². The third-order valence-electron chi connectivity index (χ3n) is 11.5. The Balaban J connectivity index is 0.975. The van der Waals surface area contributed by atoms with Crippen LogP contribution in [-0.2, 0) is 9.59 Å². The maximum Gasteiger partial charge on any atom is 0.262 e. The van der Waals surface area contributed by atoms with Crippen molar-refractivity contribution in [1.82, 2.24) is 15.4 Å². The first kappa shape index (κ1) is 34.3. The van der Waals surface area contributed by atoms with Gasteiger partial charge in [0, 0.05) is 47.6 Å². The van der Waals surface area contributed by atoms with E-state index in [9.17, 15) is 24.4 Å². The third-order valence-corrected chi connectivity index (χ3v) is 11.5. The van der Waals surface area contributed by atoms with E-state index < -0.39 is 29.7 Å². The highest BCUT2D eigenvalue weighted by Crippen LogP contribution is 2.47. The van der Waals surface area contributed by atoms with E-state index in [1.54, 1.807) is 12.1 Å². The second-order valence-electron chi connectivity index (χ2n) is 15.0. The Morgan fingerprint density at radius 2 is 1.68 bits per heavy atom. The van der Waals surface area contributed by atoms with Crippen LogP contribution in [0.4, 0.5) is 17.1 Å². The number of hydrogen-bond acceptors (Lipinski definition) is 9. The average molecular weight is 711 g/mol. The molecular formula is C42H42N6O5. The molecule has 3 heterocycles. The van der Waals surface area contributed by atoms with Crippen molar-refractivity contribution in [3.8, 4) is 17.2 Å². The van der Waals surface area contributed by atoms with Crippen molar-refractivity contribution in [2.45, 2.75) is 83.7 Å². The molecule has 4 amide bonds. The van der Waals surface area contributed by atoms with Crippen LogP contribution in [0.15, 0.2) is 65.2 Å². The van der Waals surface area contributed by atoms with Gasteiger partial charge in [0.1, 0.15) is 11.8 Å². The number of piperidine rings is 1. The molecule has 3 atom stereocenters. The number of nitriles is 1. The summed E-state index contributed by atoms with van der Waals surface area (Å²) in [7, 11) is 0. The first-order valence-corrected chi connectivity index (χ1v) is 18.5. The van der Waals surface area contributed by atoms with E-state index in [1.165, 1.54) is 11.1 Å². The molecule has 270 valence electrons. The van der Waals surface area contributed by atoms with Crippen LogP contribution >= 0.6 is 0 Å². The Kier molecular flexibility index (Phi) is 8.85. The Bertz CT molecular complexity index is 2160. The molecule has 2 saturated carbocycles. The molecule has 4 aromatic rings. The van der Waals surface area contributed by atoms with Crippen molar-refractivity contribution in [3.05, 3.63) is 94.4 Å². The summed E-state index contributed by atoms with van der Waals surface area (Å²) in [6.45, 7) is 6.90. The SMILES string of the molecule is Cc1ccc(-c2c(C)noc2C)cc1N(CC1CCC(Nc2ccc3c(c2)C(=O)N([C@@H]2CCC(=O)NC2=O)C3=O)CC1)c1ccc([C@@H]2C[C@H]2C#N)cc1. The molecule has 3 fully saturated rings. The van der Waals surface area contributed by atoms with Gasteiger partial charge in [-0.1, -0.05) is 29.4 Å². The zero-order chi connectivity index (χ0) is 37.0. The number of nitrogens with one attached hydrogen (secondary N) is 2. The Morgan fingerprint density at radius 3 is 2.36 bits per heavy atom. The number of aromatic nitrogens is 1. The van der Waals surface area contributed by atoms with E-state index in [0.717, 1.165) is 83.2 Å². The van der Waals surface area contributed by atoms with Crippen molar-refractivity contribution in [2.75, 3.05) is 16.8 Å². The van der Waals surface area contributed by atoms with Crippen LogP contribution in [-0.4, -0.2) is 52.3 Å². The van der Waals surface area contributed by atoms with Gasteiger partial charge in [0.2, 0.25) is 11.8 Å². The summed E-state index contributed by atoms with van der Waals surface area (Å²) in [5.74, 6) is -0.355. The largest absolute Gasteiger partial charge is 0.382 e. The summed E-state index contributed by atoms with van der Waals surface area (Å²) in [6, 6.07) is 22.1. The maximum atomic E-state index is 13.4. The topological polar surface area (TPSA) is 149 Å². The van der Waals surface area contributed by atoms with E-state index >= 15 is 0 Å². The molecule has 3 aromatic carbocycles. The van der Waals surface area contributed by atoms with Crippen LogP contribution in [0.1, 0.15) is 94.2 Å². The van der Waals surface area contributed by atoms with Gasteiger partial charge in [0.15, 0.2) is 0 Å². The van der Waals surface area contributed by atoms with Gasteiger partial charge in [-0.2, -0.15) is 5.26 Å². The number of imide groups is 2. The molecule has 1 aromatic heterocycles. The number of benzene rings is 3. The van der Waals surface area contributed by atoms with Gasteiger partial charge in [0.05, 0.1) is 28.8 Å². The molecule has 53 heavy (non-hydrogen) atoms. The summed E-state index contributed by atoms with van der Waals surface area (Å²) >= 11 is 0. The first-order valence-electron chi connectivity index (χ1n) is 18.5. The molecule has 1 saturated heterocycles. The predicted molar refractivity (Wildman–Crippen MR) is 199 cm³/mol. The zero-order valence-corrected chi connectivity index (χ0v) is 30.1. The molecule has 8 rings (SSSR count). The molecule has 2 aliphatic carbocycles. The van der Waals surface area contributed by atoms with Crippen LogP contribution in [0.25, 0.3) is 11.1 Å². The molecule has 11 nitrogen and oxygen atoms in total. The minimum Gasteiger partial charge on any atom is -0.382 e. The van der Waals surface area contributed by atoms with Gasteiger partial charge in [0.25, 0.3) is 11.8 Å². The highest BCUT2D eigenvalue weighted by atomic mass is 16.5. The van der Waals surface area contributed by atoms with Gasteiger partial charge in [-0.05, 0) is 118 Å². The zero-order valence-electron chi connectivity index (χ0n) is 30.1. The average Bonchev–Trinajstić information content (AvgIpc) is 3.82. The van der Waals surface area contributed by atoms with Crippen molar-refractivity contribution < 1.29 is 23.7 Å². The molecule has 2 N–H and O–H groups in total. The van der Waals surface area contributed by atoms with E-state index in [1.807, 2.05) is 19.9 Å². The number of aryl methyl sites for hydroxylation is 3. The number of carbonyl (C=O) groups excluding carboxylic acids is 4. The highest BCUT2D eigenvalue weighted by Gasteiger charge is 2.45. The fourth-order valence-electron chi connectivity index (χ4n) is 8.45. The summed E-state index contributed by atoms with van der Waals surface area (Å²) in [5, 5.41) is 19.4. The van der Waals surface area contributed by atoms with E-state index in [4.69, 9.17) is 4.52 Å². The van der Waals surface area contributed by atoms with Gasteiger partial charge in [-0.15, -0.1) is 0 Å². The van der Waals surface area contributed by atoms with Crippen molar-refractivity contribution in [1.29, 1.82) is 5.26 Å². The summed E-state index contributed by atoms with van der Waals surface area (Å²) in [5.41, 5.74) is 8.92. The third kappa shape index (κ3) is 6.47. The Morgan fingerprint density at radius 1 is 0.925 bits per heavy atom. The molecular weight excluding hydrogens is 668 g/mol. The lowest BCUT2D eigenvalue weighted by Crippen LogP contribution is -2.54. The predicted octanol–water partition coefficient (Wildman–Crippen LogP) is 7.10. The minimum atomic E-state index is -0.986. The second-order valence-corrected chi connectivity index (χ2v) is 15.0. The van der Waals surface area contributed by atoms with Crippen molar-refractivity contribution in [2.24, 2.45) is 11.8 Å². The van der Waals surface area contributed by atoms with Gasteiger partial charge < -0.3 is 14.7 Å². The molecule has 0 bridgehead atoms. The van der Waals surface area contributed by atoms with Crippen LogP contribution < -0.4 is 15.5 Å². The van der Waals surface area contributed by atoms with Gasteiger partial charge in [-0.25, -0.2) is 0 Å². The Labute approximate surface area is 308 Å². The fraction of sp³-hybridized carbons (Fsp3) is 0.381. The molecule has 2 aliphatic heterocycles. The van der Waals surface area contributed by atoms with Crippen molar-refractivity contribution >= 4 is 40.7 Å². The summed E-state index contributed by atoms with van der Waals surface area (Å²) < 4.78 is 5.52. The standard InChI is InChI=1S/C42H42N6O5/c1-23-4-7-28(39-24(2)46-53-25(39)3)19-37(23)47(32-13-8-27(9-14-32)34-18-29(34)21-43)22-26-5-10-30(11-6-26)44-31-12-15-33-35(20-31)42(52)48(41(33)51)36-16-17-38(49)45-40(36)50/h4,7-9,12-15,19-20,26,29-30,34,36,44H,5-6,10-11,16-18,22H2,1-3H3,(H,45,49,50)/t26?,29-,30?,34-,36+/m0/s1. The molecule has 0 radical (unpaired) electrons.